The molecule has 2 aromatic carbocycles. The molecule has 0 aliphatic rings. The Balaban J connectivity index is 1.87. The van der Waals surface area contributed by atoms with Crippen LogP contribution in [0.25, 0.3) is 16.6 Å². The van der Waals surface area contributed by atoms with E-state index in [-0.39, 0.29) is 5.56 Å². The Morgan fingerprint density at radius 2 is 1.88 bits per heavy atom. The second-order valence-corrected chi connectivity index (χ2v) is 7.54. The van der Waals surface area contributed by atoms with E-state index < -0.39 is 0 Å². The molecule has 0 saturated carbocycles. The Labute approximate surface area is 163 Å². The summed E-state index contributed by atoms with van der Waals surface area (Å²) in [7, 11) is 0. The van der Waals surface area contributed by atoms with E-state index in [0.29, 0.717) is 21.8 Å². The van der Waals surface area contributed by atoms with Crippen molar-refractivity contribution in [3.05, 3.63) is 93.4 Å². The highest BCUT2D eigenvalue weighted by Crippen LogP contribution is 2.25. The molecule has 0 bridgehead atoms. The molecule has 2 heterocycles. The number of para-hydroxylation sites is 1. The minimum absolute atomic E-state index is 0.0730. The van der Waals surface area contributed by atoms with Gasteiger partial charge in [0, 0.05) is 22.6 Å². The lowest BCUT2D eigenvalue weighted by Gasteiger charge is -2.13. The van der Waals surface area contributed by atoms with Gasteiger partial charge in [-0.1, -0.05) is 52.0 Å². The molecule has 6 heteroatoms. The van der Waals surface area contributed by atoms with Gasteiger partial charge >= 0.3 is 0 Å². The van der Waals surface area contributed by atoms with Gasteiger partial charge in [-0.2, -0.15) is 0 Å². The first-order chi connectivity index (χ1) is 12.7. The van der Waals surface area contributed by atoms with Crippen LogP contribution < -0.4 is 5.56 Å². The molecule has 4 nitrogen and oxygen atoms in total. The molecule has 0 fully saturated rings. The highest BCUT2D eigenvalue weighted by molar-refractivity contribution is 9.10. The number of hydrogen-bond donors (Lipinski definition) is 0. The van der Waals surface area contributed by atoms with Gasteiger partial charge in [0.15, 0.2) is 5.16 Å². The third kappa shape index (κ3) is 3.43. The number of nitrogens with zero attached hydrogens (tertiary/aromatic N) is 3. The smallest absolute Gasteiger partial charge is 0.266 e. The third-order valence-corrected chi connectivity index (χ3v) is 5.41. The summed E-state index contributed by atoms with van der Waals surface area (Å²) in [4.78, 5) is 22.1. The van der Waals surface area contributed by atoms with Crippen molar-refractivity contribution >= 4 is 38.6 Å². The number of benzene rings is 2. The Morgan fingerprint density at radius 3 is 2.65 bits per heavy atom. The monoisotopic (exact) mass is 423 g/mol. The molecule has 0 radical (unpaired) electrons. The number of fused-ring (bicyclic) bond motifs is 1. The molecule has 2 aromatic heterocycles. The quantitative estimate of drug-likeness (QED) is 0.348. The van der Waals surface area contributed by atoms with E-state index in [2.05, 4.69) is 20.9 Å². The molecular formula is C20H14BrN3OS. The minimum Gasteiger partial charge on any atom is -0.268 e. The Kier molecular flexibility index (Phi) is 4.86. The second-order valence-electron chi connectivity index (χ2n) is 5.68. The number of rotatable bonds is 4. The van der Waals surface area contributed by atoms with E-state index in [1.54, 1.807) is 10.8 Å². The van der Waals surface area contributed by atoms with Crippen molar-refractivity contribution in [3.63, 3.8) is 0 Å². The van der Waals surface area contributed by atoms with Crippen LogP contribution in [0.15, 0.2) is 87.5 Å². The van der Waals surface area contributed by atoms with Crippen LogP contribution in [0.2, 0.25) is 0 Å². The summed E-state index contributed by atoms with van der Waals surface area (Å²) >= 11 is 4.97. The maximum Gasteiger partial charge on any atom is 0.266 e. The van der Waals surface area contributed by atoms with Crippen molar-refractivity contribution in [2.75, 3.05) is 0 Å². The largest absolute Gasteiger partial charge is 0.268 e. The molecule has 0 spiro atoms. The van der Waals surface area contributed by atoms with Crippen LogP contribution in [-0.2, 0) is 5.75 Å². The second kappa shape index (κ2) is 7.43. The SMILES string of the molecule is O=c1c2cc(Br)ccc2nc(SCc2cccnc2)n1-c1ccccc1. The summed E-state index contributed by atoms with van der Waals surface area (Å²) in [5, 5.41) is 1.26. The van der Waals surface area contributed by atoms with E-state index in [4.69, 9.17) is 4.98 Å². The van der Waals surface area contributed by atoms with Crippen molar-refractivity contribution in [2.45, 2.75) is 10.9 Å². The third-order valence-electron chi connectivity index (χ3n) is 3.90. The molecule has 0 N–H and O–H groups in total. The predicted molar refractivity (Wildman–Crippen MR) is 109 cm³/mol. The standard InChI is InChI=1S/C20H14BrN3OS/c21-15-8-9-18-17(11-15)19(25)24(16-6-2-1-3-7-16)20(23-18)26-13-14-5-4-10-22-12-14/h1-12H,13H2. The summed E-state index contributed by atoms with van der Waals surface area (Å²) < 4.78 is 2.54. The zero-order valence-corrected chi connectivity index (χ0v) is 16.1. The normalized spacial score (nSPS) is 11.0. The molecule has 4 aromatic rings. The van der Waals surface area contributed by atoms with Crippen molar-refractivity contribution in [2.24, 2.45) is 0 Å². The summed E-state index contributed by atoms with van der Waals surface area (Å²) in [5.74, 6) is 0.690. The van der Waals surface area contributed by atoms with E-state index in [1.807, 2.05) is 66.9 Å². The molecule has 0 atom stereocenters. The number of pyridine rings is 1. The van der Waals surface area contributed by atoms with Crippen LogP contribution in [0, 0.1) is 0 Å². The fourth-order valence-electron chi connectivity index (χ4n) is 2.67. The fraction of sp³-hybridized carbons (Fsp3) is 0.0500. The van der Waals surface area contributed by atoms with Gasteiger partial charge in [0.2, 0.25) is 0 Å². The number of aromatic nitrogens is 3. The van der Waals surface area contributed by atoms with Crippen LogP contribution in [-0.4, -0.2) is 14.5 Å². The van der Waals surface area contributed by atoms with Gasteiger partial charge in [-0.05, 0) is 42.0 Å². The van der Waals surface area contributed by atoms with Crippen molar-refractivity contribution in [1.29, 1.82) is 0 Å². The zero-order chi connectivity index (χ0) is 17.9. The molecule has 0 amide bonds. The summed E-state index contributed by atoms with van der Waals surface area (Å²) in [6.07, 6.45) is 3.58. The van der Waals surface area contributed by atoms with Crippen molar-refractivity contribution in [1.82, 2.24) is 14.5 Å². The topological polar surface area (TPSA) is 47.8 Å². The van der Waals surface area contributed by atoms with Gasteiger partial charge in [-0.25, -0.2) is 4.98 Å². The van der Waals surface area contributed by atoms with Crippen molar-refractivity contribution in [3.8, 4) is 5.69 Å². The lowest BCUT2D eigenvalue weighted by Crippen LogP contribution is -2.21. The lowest BCUT2D eigenvalue weighted by molar-refractivity contribution is 0.819. The Bertz CT molecular complexity index is 1110. The maximum atomic E-state index is 13.2. The number of thioether (sulfide) groups is 1. The molecular weight excluding hydrogens is 410 g/mol. The summed E-state index contributed by atoms with van der Waals surface area (Å²) in [5.41, 5.74) is 2.51. The molecule has 128 valence electrons. The minimum atomic E-state index is -0.0730. The van der Waals surface area contributed by atoms with Crippen molar-refractivity contribution < 1.29 is 0 Å². The zero-order valence-electron chi connectivity index (χ0n) is 13.7. The van der Waals surface area contributed by atoms with Crippen LogP contribution in [0.3, 0.4) is 0 Å². The van der Waals surface area contributed by atoms with E-state index in [1.165, 1.54) is 11.8 Å². The van der Waals surface area contributed by atoms with Gasteiger partial charge in [0.25, 0.3) is 5.56 Å². The van der Waals surface area contributed by atoms with Gasteiger partial charge in [-0.15, -0.1) is 0 Å². The summed E-state index contributed by atoms with van der Waals surface area (Å²) in [6, 6.07) is 19.1. The molecule has 0 saturated heterocycles. The van der Waals surface area contributed by atoms with Crippen LogP contribution in [0.5, 0.6) is 0 Å². The van der Waals surface area contributed by atoms with E-state index >= 15 is 0 Å². The Hall–Kier alpha value is -2.44. The maximum absolute atomic E-state index is 13.2. The first-order valence-electron chi connectivity index (χ1n) is 8.02. The van der Waals surface area contributed by atoms with Gasteiger partial charge < -0.3 is 0 Å². The van der Waals surface area contributed by atoms with Gasteiger partial charge in [0.05, 0.1) is 16.6 Å². The number of hydrogen-bond acceptors (Lipinski definition) is 4. The van der Waals surface area contributed by atoms with Gasteiger partial charge in [0.1, 0.15) is 0 Å². The molecule has 0 aliphatic carbocycles. The Morgan fingerprint density at radius 1 is 1.04 bits per heavy atom. The molecule has 4 rings (SSSR count). The van der Waals surface area contributed by atoms with Crippen LogP contribution in [0.4, 0.5) is 0 Å². The van der Waals surface area contributed by atoms with E-state index in [0.717, 1.165) is 15.7 Å². The van der Waals surface area contributed by atoms with Crippen LogP contribution >= 0.6 is 27.7 Å². The average molecular weight is 424 g/mol. The lowest BCUT2D eigenvalue weighted by atomic mass is 10.2. The molecule has 26 heavy (non-hydrogen) atoms. The first-order valence-corrected chi connectivity index (χ1v) is 9.80. The highest BCUT2D eigenvalue weighted by atomic mass is 79.9. The molecule has 0 unspecified atom stereocenters. The van der Waals surface area contributed by atoms with E-state index in [9.17, 15) is 4.79 Å². The fourth-order valence-corrected chi connectivity index (χ4v) is 3.98. The van der Waals surface area contributed by atoms with Gasteiger partial charge in [-0.3, -0.25) is 14.3 Å². The molecule has 0 aliphatic heterocycles. The summed E-state index contributed by atoms with van der Waals surface area (Å²) in [6.45, 7) is 0. The first kappa shape index (κ1) is 17.0. The highest BCUT2D eigenvalue weighted by Gasteiger charge is 2.13. The predicted octanol–water partition coefficient (Wildman–Crippen LogP) is 4.84. The average Bonchev–Trinajstić information content (AvgIpc) is 2.68. The number of halogens is 1. The van der Waals surface area contributed by atoms with Crippen LogP contribution in [0.1, 0.15) is 5.56 Å².